The van der Waals surface area contributed by atoms with Gasteiger partial charge < -0.3 is 10.6 Å². The number of guanidine groups is 1. The first-order valence-electron chi connectivity index (χ1n) is 7.64. The van der Waals surface area contributed by atoms with Crippen LogP contribution < -0.4 is 10.6 Å². The van der Waals surface area contributed by atoms with E-state index in [1.54, 1.807) is 7.05 Å². The Labute approximate surface area is 135 Å². The van der Waals surface area contributed by atoms with E-state index in [9.17, 15) is 0 Å². The van der Waals surface area contributed by atoms with Crippen LogP contribution in [-0.2, 0) is 13.0 Å². The summed E-state index contributed by atoms with van der Waals surface area (Å²) in [5.41, 5.74) is 2.09. The van der Waals surface area contributed by atoms with E-state index in [0.29, 0.717) is 0 Å². The normalized spacial score (nSPS) is 11.6. The summed E-state index contributed by atoms with van der Waals surface area (Å²) in [6, 6.07) is 16.1. The minimum Gasteiger partial charge on any atom is -0.356 e. The second-order valence-electron chi connectivity index (χ2n) is 5.13. The molecule has 3 aromatic rings. The first-order chi connectivity index (χ1) is 11.4. The highest BCUT2D eigenvalue weighted by Gasteiger charge is 2.04. The lowest BCUT2D eigenvalue weighted by molar-refractivity contribution is 0.761. The van der Waals surface area contributed by atoms with Crippen molar-refractivity contribution in [2.24, 2.45) is 4.99 Å². The third-order valence-corrected chi connectivity index (χ3v) is 3.55. The van der Waals surface area contributed by atoms with Gasteiger partial charge in [0.25, 0.3) is 0 Å². The van der Waals surface area contributed by atoms with Gasteiger partial charge in [-0.1, -0.05) is 36.4 Å². The fraction of sp³-hybridized carbons (Fsp3) is 0.235. The molecule has 2 aromatic heterocycles. The third kappa shape index (κ3) is 3.85. The summed E-state index contributed by atoms with van der Waals surface area (Å²) in [7, 11) is 1.77. The second kappa shape index (κ2) is 7.40. The van der Waals surface area contributed by atoms with Crippen LogP contribution in [0.2, 0.25) is 0 Å². The number of aliphatic imine (C=N–C) groups is 1. The fourth-order valence-electron chi connectivity index (χ4n) is 2.36. The SMILES string of the molecule is CN=C(NCCc1nnc2ccccn12)NCc1ccccc1. The number of nitrogens with one attached hydrogen (secondary N) is 2. The number of nitrogens with zero attached hydrogens (tertiary/aromatic N) is 4. The van der Waals surface area contributed by atoms with E-state index in [2.05, 4.69) is 38.0 Å². The van der Waals surface area contributed by atoms with Crippen molar-refractivity contribution >= 4 is 11.6 Å². The number of benzene rings is 1. The summed E-state index contributed by atoms with van der Waals surface area (Å²) in [6.45, 7) is 1.48. The maximum absolute atomic E-state index is 4.24. The van der Waals surface area contributed by atoms with E-state index in [-0.39, 0.29) is 0 Å². The molecule has 0 radical (unpaired) electrons. The number of aromatic nitrogens is 3. The lowest BCUT2D eigenvalue weighted by Crippen LogP contribution is -2.38. The summed E-state index contributed by atoms with van der Waals surface area (Å²) >= 11 is 0. The molecule has 6 heteroatoms. The molecule has 0 spiro atoms. The Balaban J connectivity index is 1.50. The van der Waals surface area contributed by atoms with Gasteiger partial charge in [0.05, 0.1) is 0 Å². The average Bonchev–Trinajstić information content (AvgIpc) is 3.02. The second-order valence-corrected chi connectivity index (χ2v) is 5.13. The molecule has 0 aliphatic heterocycles. The van der Waals surface area contributed by atoms with Gasteiger partial charge in [-0.15, -0.1) is 10.2 Å². The summed E-state index contributed by atoms with van der Waals surface area (Å²) in [5, 5.41) is 15.0. The molecule has 0 fully saturated rings. The molecule has 118 valence electrons. The molecule has 0 atom stereocenters. The van der Waals surface area contributed by atoms with E-state index in [1.807, 2.05) is 47.0 Å². The molecular formula is C17H20N6. The molecular weight excluding hydrogens is 288 g/mol. The molecule has 0 aliphatic carbocycles. The van der Waals surface area contributed by atoms with Gasteiger partial charge in [0, 0.05) is 32.8 Å². The monoisotopic (exact) mass is 308 g/mol. The van der Waals surface area contributed by atoms with Crippen LogP contribution in [0, 0.1) is 0 Å². The first kappa shape index (κ1) is 15.0. The Morgan fingerprint density at radius 2 is 1.87 bits per heavy atom. The Hall–Kier alpha value is -2.89. The lowest BCUT2D eigenvalue weighted by Gasteiger charge is -2.11. The van der Waals surface area contributed by atoms with Gasteiger partial charge in [-0.2, -0.15) is 0 Å². The molecule has 0 aliphatic rings. The van der Waals surface area contributed by atoms with Gasteiger partial charge in [-0.3, -0.25) is 9.39 Å². The lowest BCUT2D eigenvalue weighted by atomic mass is 10.2. The number of rotatable bonds is 5. The van der Waals surface area contributed by atoms with Crippen LogP contribution in [-0.4, -0.2) is 34.2 Å². The molecule has 0 amide bonds. The Kier molecular flexibility index (Phi) is 4.83. The van der Waals surface area contributed by atoms with Crippen LogP contribution in [0.4, 0.5) is 0 Å². The van der Waals surface area contributed by atoms with Crippen LogP contribution in [0.5, 0.6) is 0 Å². The number of fused-ring (bicyclic) bond motifs is 1. The van der Waals surface area contributed by atoms with Gasteiger partial charge in [-0.25, -0.2) is 0 Å². The molecule has 3 rings (SSSR count). The van der Waals surface area contributed by atoms with Crippen molar-refractivity contribution in [3.8, 4) is 0 Å². The molecule has 0 saturated carbocycles. The van der Waals surface area contributed by atoms with Gasteiger partial charge in [0.2, 0.25) is 0 Å². The number of pyridine rings is 1. The summed E-state index contributed by atoms with van der Waals surface area (Å²) in [5.74, 6) is 1.72. The topological polar surface area (TPSA) is 66.6 Å². The number of hydrogen-bond acceptors (Lipinski definition) is 3. The van der Waals surface area contributed by atoms with Crippen molar-refractivity contribution in [1.29, 1.82) is 0 Å². The average molecular weight is 308 g/mol. The zero-order valence-corrected chi connectivity index (χ0v) is 13.1. The third-order valence-electron chi connectivity index (χ3n) is 3.55. The fourth-order valence-corrected chi connectivity index (χ4v) is 2.36. The summed E-state index contributed by atoms with van der Waals surface area (Å²) in [4.78, 5) is 4.24. The van der Waals surface area contributed by atoms with Crippen molar-refractivity contribution in [1.82, 2.24) is 25.2 Å². The quantitative estimate of drug-likeness (QED) is 0.555. The van der Waals surface area contributed by atoms with Crippen molar-refractivity contribution in [2.45, 2.75) is 13.0 Å². The Morgan fingerprint density at radius 1 is 1.04 bits per heavy atom. The minimum absolute atomic E-state index is 0.740. The number of hydrogen-bond donors (Lipinski definition) is 2. The minimum atomic E-state index is 0.740. The van der Waals surface area contributed by atoms with Gasteiger partial charge in [-0.05, 0) is 17.7 Å². The van der Waals surface area contributed by atoms with E-state index in [0.717, 1.165) is 36.9 Å². The van der Waals surface area contributed by atoms with Crippen LogP contribution in [0.15, 0.2) is 59.7 Å². The van der Waals surface area contributed by atoms with Crippen molar-refractivity contribution < 1.29 is 0 Å². The highest BCUT2D eigenvalue weighted by Crippen LogP contribution is 2.02. The first-order valence-corrected chi connectivity index (χ1v) is 7.64. The Bertz CT molecular complexity index is 778. The summed E-state index contributed by atoms with van der Waals surface area (Å²) < 4.78 is 2.00. The molecule has 23 heavy (non-hydrogen) atoms. The standard InChI is InChI=1S/C17H20N6/c1-18-17(20-13-14-7-3-2-4-8-14)19-11-10-16-22-21-15-9-5-6-12-23(15)16/h2-9,12H,10-11,13H2,1H3,(H2,18,19,20). The van der Waals surface area contributed by atoms with Crippen LogP contribution in [0.25, 0.3) is 5.65 Å². The van der Waals surface area contributed by atoms with E-state index < -0.39 is 0 Å². The van der Waals surface area contributed by atoms with Crippen molar-refractivity contribution in [3.63, 3.8) is 0 Å². The maximum Gasteiger partial charge on any atom is 0.191 e. The van der Waals surface area contributed by atoms with Crippen molar-refractivity contribution in [2.75, 3.05) is 13.6 Å². The van der Waals surface area contributed by atoms with Crippen LogP contribution in [0.3, 0.4) is 0 Å². The van der Waals surface area contributed by atoms with E-state index >= 15 is 0 Å². The zero-order chi connectivity index (χ0) is 15.9. The largest absolute Gasteiger partial charge is 0.356 e. The summed E-state index contributed by atoms with van der Waals surface area (Å²) in [6.07, 6.45) is 2.75. The van der Waals surface area contributed by atoms with E-state index in [1.165, 1.54) is 5.56 Å². The molecule has 1 aromatic carbocycles. The predicted octanol–water partition coefficient (Wildman–Crippen LogP) is 1.64. The highest BCUT2D eigenvalue weighted by molar-refractivity contribution is 5.79. The Morgan fingerprint density at radius 3 is 2.70 bits per heavy atom. The van der Waals surface area contributed by atoms with Gasteiger partial charge in [0.1, 0.15) is 5.82 Å². The van der Waals surface area contributed by atoms with Gasteiger partial charge in [0.15, 0.2) is 11.6 Å². The molecule has 0 bridgehead atoms. The molecule has 6 nitrogen and oxygen atoms in total. The molecule has 2 N–H and O–H groups in total. The van der Waals surface area contributed by atoms with Crippen molar-refractivity contribution in [3.05, 3.63) is 66.1 Å². The molecule has 2 heterocycles. The smallest absolute Gasteiger partial charge is 0.191 e. The van der Waals surface area contributed by atoms with Crippen LogP contribution >= 0.6 is 0 Å². The molecule has 0 saturated heterocycles. The van der Waals surface area contributed by atoms with Gasteiger partial charge >= 0.3 is 0 Å². The van der Waals surface area contributed by atoms with Crippen LogP contribution in [0.1, 0.15) is 11.4 Å². The highest BCUT2D eigenvalue weighted by atomic mass is 15.2. The predicted molar refractivity (Wildman–Crippen MR) is 91.3 cm³/mol. The molecule has 0 unspecified atom stereocenters. The van der Waals surface area contributed by atoms with E-state index in [4.69, 9.17) is 0 Å². The maximum atomic E-state index is 4.24. The zero-order valence-electron chi connectivity index (χ0n) is 13.1.